The molecule has 1 aliphatic rings. The first-order chi connectivity index (χ1) is 7.81. The van der Waals surface area contributed by atoms with Crippen molar-refractivity contribution in [1.29, 1.82) is 0 Å². The number of nitrogens with zero attached hydrogens (tertiary/aromatic N) is 1. The Morgan fingerprint density at radius 1 is 1.38 bits per heavy atom. The molecule has 0 spiro atoms. The van der Waals surface area contributed by atoms with E-state index in [2.05, 4.69) is 4.90 Å². The summed E-state index contributed by atoms with van der Waals surface area (Å²) in [6.45, 7) is 2.91. The predicted molar refractivity (Wildman–Crippen MR) is 58.6 cm³/mol. The van der Waals surface area contributed by atoms with Crippen LogP contribution in [0.1, 0.15) is 11.6 Å². The topological polar surface area (TPSA) is 32.7 Å². The Morgan fingerprint density at radius 2 is 2.12 bits per heavy atom. The van der Waals surface area contributed by atoms with Crippen LogP contribution in [0.4, 0.5) is 4.39 Å². The lowest BCUT2D eigenvalue weighted by Gasteiger charge is -2.33. The first-order valence-corrected chi connectivity index (χ1v) is 5.49. The Bertz CT molecular complexity index is 340. The molecule has 1 atom stereocenters. The Morgan fingerprint density at radius 3 is 2.75 bits per heavy atom. The third kappa shape index (κ3) is 2.58. The summed E-state index contributed by atoms with van der Waals surface area (Å²) in [7, 11) is 0. The number of hydrogen-bond donors (Lipinski definition) is 1. The van der Waals surface area contributed by atoms with E-state index in [4.69, 9.17) is 4.74 Å². The summed E-state index contributed by atoms with van der Waals surface area (Å²) in [6.07, 6.45) is 0. The van der Waals surface area contributed by atoms with Crippen molar-refractivity contribution >= 4 is 0 Å². The number of aliphatic hydroxyl groups excluding tert-OH is 1. The molecule has 1 heterocycles. The molecule has 1 aromatic rings. The van der Waals surface area contributed by atoms with E-state index in [1.54, 1.807) is 6.07 Å². The zero-order valence-corrected chi connectivity index (χ0v) is 9.10. The average molecular weight is 225 g/mol. The van der Waals surface area contributed by atoms with E-state index >= 15 is 0 Å². The molecule has 1 aliphatic heterocycles. The van der Waals surface area contributed by atoms with E-state index in [1.807, 2.05) is 6.07 Å². The zero-order chi connectivity index (χ0) is 11.4. The van der Waals surface area contributed by atoms with Crippen molar-refractivity contribution in [3.8, 4) is 0 Å². The van der Waals surface area contributed by atoms with Gasteiger partial charge < -0.3 is 9.84 Å². The molecule has 1 unspecified atom stereocenters. The van der Waals surface area contributed by atoms with Gasteiger partial charge in [-0.2, -0.15) is 0 Å². The Hall–Kier alpha value is -0.970. The van der Waals surface area contributed by atoms with Crippen LogP contribution in [0.15, 0.2) is 24.3 Å². The number of benzene rings is 1. The number of morpholine rings is 1. The molecule has 1 N–H and O–H groups in total. The third-order valence-electron chi connectivity index (χ3n) is 2.89. The minimum atomic E-state index is -0.260. The van der Waals surface area contributed by atoms with Crippen LogP contribution >= 0.6 is 0 Å². The fraction of sp³-hybridized carbons (Fsp3) is 0.500. The highest BCUT2D eigenvalue weighted by atomic mass is 19.1. The standard InChI is InChI=1S/C12H16FNO2/c13-11-3-1-2-10(8-11)12(9-15)14-4-6-16-7-5-14/h1-3,8,12,15H,4-7,9H2. The van der Waals surface area contributed by atoms with Crippen LogP contribution in [-0.2, 0) is 4.74 Å². The van der Waals surface area contributed by atoms with Crippen LogP contribution < -0.4 is 0 Å². The van der Waals surface area contributed by atoms with Crippen LogP contribution in [0.5, 0.6) is 0 Å². The van der Waals surface area contributed by atoms with Crippen molar-refractivity contribution in [3.63, 3.8) is 0 Å². The number of aliphatic hydroxyl groups is 1. The second-order valence-corrected chi connectivity index (χ2v) is 3.90. The predicted octanol–water partition coefficient (Wildman–Crippen LogP) is 1.19. The van der Waals surface area contributed by atoms with E-state index in [0.717, 1.165) is 18.7 Å². The van der Waals surface area contributed by atoms with Gasteiger partial charge in [-0.1, -0.05) is 12.1 Å². The lowest BCUT2D eigenvalue weighted by molar-refractivity contribution is 0.00253. The first-order valence-electron chi connectivity index (χ1n) is 5.49. The van der Waals surface area contributed by atoms with Gasteiger partial charge in [0.25, 0.3) is 0 Å². The van der Waals surface area contributed by atoms with Gasteiger partial charge in [-0.25, -0.2) is 4.39 Å². The van der Waals surface area contributed by atoms with E-state index < -0.39 is 0 Å². The molecule has 16 heavy (non-hydrogen) atoms. The second kappa shape index (κ2) is 5.39. The molecule has 1 fully saturated rings. The summed E-state index contributed by atoms with van der Waals surface area (Å²) in [5.74, 6) is -0.260. The molecule has 0 aromatic heterocycles. The maximum absolute atomic E-state index is 13.1. The summed E-state index contributed by atoms with van der Waals surface area (Å²) < 4.78 is 18.4. The molecular weight excluding hydrogens is 209 g/mol. The first kappa shape index (κ1) is 11.5. The van der Waals surface area contributed by atoms with E-state index in [9.17, 15) is 9.50 Å². The molecule has 0 bridgehead atoms. The summed E-state index contributed by atoms with van der Waals surface area (Å²) >= 11 is 0. The number of halogens is 1. The van der Waals surface area contributed by atoms with Gasteiger partial charge in [0.2, 0.25) is 0 Å². The van der Waals surface area contributed by atoms with Gasteiger partial charge in [0.15, 0.2) is 0 Å². The van der Waals surface area contributed by atoms with Gasteiger partial charge >= 0.3 is 0 Å². The molecule has 1 aromatic carbocycles. The highest BCUT2D eigenvalue weighted by molar-refractivity contribution is 5.20. The summed E-state index contributed by atoms with van der Waals surface area (Å²) in [5, 5.41) is 9.42. The van der Waals surface area contributed by atoms with E-state index in [0.29, 0.717) is 13.2 Å². The van der Waals surface area contributed by atoms with Crippen molar-refractivity contribution in [1.82, 2.24) is 4.90 Å². The fourth-order valence-electron chi connectivity index (χ4n) is 2.03. The molecule has 1 saturated heterocycles. The highest BCUT2D eigenvalue weighted by Crippen LogP contribution is 2.21. The molecule has 0 saturated carbocycles. The zero-order valence-electron chi connectivity index (χ0n) is 9.10. The normalized spacial score (nSPS) is 19.6. The highest BCUT2D eigenvalue weighted by Gasteiger charge is 2.21. The van der Waals surface area contributed by atoms with Gasteiger partial charge in [0, 0.05) is 13.1 Å². The summed E-state index contributed by atoms with van der Waals surface area (Å²) in [5.41, 5.74) is 0.824. The lowest BCUT2D eigenvalue weighted by Crippen LogP contribution is -2.40. The second-order valence-electron chi connectivity index (χ2n) is 3.90. The molecular formula is C12H16FNO2. The molecule has 4 heteroatoms. The number of ether oxygens (including phenoxy) is 1. The number of hydrogen-bond acceptors (Lipinski definition) is 3. The van der Waals surface area contributed by atoms with Gasteiger partial charge in [0.05, 0.1) is 25.9 Å². The maximum Gasteiger partial charge on any atom is 0.123 e. The molecule has 0 radical (unpaired) electrons. The van der Waals surface area contributed by atoms with Crippen LogP contribution in [-0.4, -0.2) is 42.9 Å². The van der Waals surface area contributed by atoms with Crippen molar-refractivity contribution in [2.45, 2.75) is 6.04 Å². The van der Waals surface area contributed by atoms with E-state index in [1.165, 1.54) is 12.1 Å². The third-order valence-corrected chi connectivity index (χ3v) is 2.89. The van der Waals surface area contributed by atoms with Gasteiger partial charge in [-0.15, -0.1) is 0 Å². The van der Waals surface area contributed by atoms with Gasteiger partial charge in [-0.3, -0.25) is 4.90 Å². The van der Waals surface area contributed by atoms with Crippen molar-refractivity contribution in [2.75, 3.05) is 32.9 Å². The summed E-state index contributed by atoms with van der Waals surface area (Å²) in [6, 6.07) is 6.29. The smallest absolute Gasteiger partial charge is 0.123 e. The SMILES string of the molecule is OCC(c1cccc(F)c1)N1CCOCC1. The summed E-state index contributed by atoms with van der Waals surface area (Å²) in [4.78, 5) is 2.12. The van der Waals surface area contributed by atoms with Crippen LogP contribution in [0.25, 0.3) is 0 Å². The van der Waals surface area contributed by atoms with Crippen molar-refractivity contribution < 1.29 is 14.2 Å². The van der Waals surface area contributed by atoms with Crippen LogP contribution in [0.3, 0.4) is 0 Å². The molecule has 0 aliphatic carbocycles. The fourth-order valence-corrected chi connectivity index (χ4v) is 2.03. The molecule has 3 nitrogen and oxygen atoms in total. The lowest BCUT2D eigenvalue weighted by atomic mass is 10.1. The van der Waals surface area contributed by atoms with E-state index in [-0.39, 0.29) is 18.5 Å². The largest absolute Gasteiger partial charge is 0.394 e. The average Bonchev–Trinajstić information content (AvgIpc) is 2.31. The quantitative estimate of drug-likeness (QED) is 0.838. The Labute approximate surface area is 94.4 Å². The van der Waals surface area contributed by atoms with Crippen LogP contribution in [0, 0.1) is 5.82 Å². The monoisotopic (exact) mass is 225 g/mol. The van der Waals surface area contributed by atoms with Crippen LogP contribution in [0.2, 0.25) is 0 Å². The minimum absolute atomic E-state index is 0.00343. The number of rotatable bonds is 3. The van der Waals surface area contributed by atoms with Gasteiger partial charge in [-0.05, 0) is 17.7 Å². The molecule has 0 amide bonds. The Kier molecular flexibility index (Phi) is 3.88. The Balaban J connectivity index is 2.14. The molecule has 2 rings (SSSR count). The minimum Gasteiger partial charge on any atom is -0.394 e. The van der Waals surface area contributed by atoms with Crippen molar-refractivity contribution in [3.05, 3.63) is 35.6 Å². The maximum atomic E-state index is 13.1. The van der Waals surface area contributed by atoms with Crippen molar-refractivity contribution in [2.24, 2.45) is 0 Å². The molecule has 88 valence electrons. The van der Waals surface area contributed by atoms with Gasteiger partial charge in [0.1, 0.15) is 5.82 Å².